The number of hydrogen-bond donors (Lipinski definition) is 2. The largest absolute Gasteiger partial charge is 0.490 e. The SMILES string of the molecule is CCCS(=O)(=O)CCNCCCC1(c2ccc3ncnc(Nc4ccc(OCc5cccc(F)c5)c(Cl)c4)c3c2)CC=CO1. The maximum absolute atomic E-state index is 13.5. The second kappa shape index (κ2) is 14.4. The molecule has 0 saturated heterocycles. The van der Waals surface area contributed by atoms with Gasteiger partial charge in [-0.2, -0.15) is 0 Å². The van der Waals surface area contributed by atoms with Gasteiger partial charge >= 0.3 is 0 Å². The average molecular weight is 639 g/mol. The smallest absolute Gasteiger partial charge is 0.151 e. The summed E-state index contributed by atoms with van der Waals surface area (Å²) in [6.45, 7) is 3.21. The van der Waals surface area contributed by atoms with Gasteiger partial charge in [0.2, 0.25) is 0 Å². The highest BCUT2D eigenvalue weighted by Gasteiger charge is 2.35. The molecule has 0 saturated carbocycles. The van der Waals surface area contributed by atoms with E-state index in [2.05, 4.69) is 26.7 Å². The Bertz CT molecular complexity index is 1730. The van der Waals surface area contributed by atoms with E-state index in [1.54, 1.807) is 30.5 Å². The quantitative estimate of drug-likeness (QED) is 0.133. The summed E-state index contributed by atoms with van der Waals surface area (Å²) in [7, 11) is -3.00. The van der Waals surface area contributed by atoms with Gasteiger partial charge in [-0.25, -0.2) is 22.8 Å². The minimum absolute atomic E-state index is 0.153. The minimum Gasteiger partial charge on any atom is -0.490 e. The molecule has 1 aliphatic rings. The molecule has 0 amide bonds. The lowest BCUT2D eigenvalue weighted by molar-refractivity contribution is 0.0306. The summed E-state index contributed by atoms with van der Waals surface area (Å²) >= 11 is 6.53. The van der Waals surface area contributed by atoms with Crippen molar-refractivity contribution in [3.63, 3.8) is 0 Å². The highest BCUT2D eigenvalue weighted by atomic mass is 35.5. The molecule has 1 aromatic heterocycles. The molecule has 0 bridgehead atoms. The molecule has 0 spiro atoms. The predicted molar refractivity (Wildman–Crippen MR) is 173 cm³/mol. The van der Waals surface area contributed by atoms with Crippen LogP contribution in [0.25, 0.3) is 10.9 Å². The third-order valence-corrected chi connectivity index (χ3v) is 9.67. The third kappa shape index (κ3) is 8.05. The van der Waals surface area contributed by atoms with Gasteiger partial charge in [0.15, 0.2) is 9.84 Å². The molecule has 2 heterocycles. The van der Waals surface area contributed by atoms with E-state index < -0.39 is 15.4 Å². The normalized spacial score (nSPS) is 16.2. The van der Waals surface area contributed by atoms with Gasteiger partial charge in [0.05, 0.1) is 22.6 Å². The molecular formula is C33H36ClFN4O4S. The summed E-state index contributed by atoms with van der Waals surface area (Å²) < 4.78 is 49.4. The van der Waals surface area contributed by atoms with Crippen LogP contribution < -0.4 is 15.4 Å². The molecule has 5 rings (SSSR count). The number of anilines is 2. The fraction of sp³-hybridized carbons (Fsp3) is 0.333. The fourth-order valence-electron chi connectivity index (χ4n) is 5.28. The number of rotatable bonds is 15. The molecule has 0 aliphatic carbocycles. The van der Waals surface area contributed by atoms with Crippen LogP contribution >= 0.6 is 11.6 Å². The lowest BCUT2D eigenvalue weighted by Gasteiger charge is -2.30. The second-order valence-electron chi connectivity index (χ2n) is 10.8. The van der Waals surface area contributed by atoms with Crippen molar-refractivity contribution >= 4 is 43.8 Å². The van der Waals surface area contributed by atoms with E-state index >= 15 is 0 Å². The van der Waals surface area contributed by atoms with Crippen molar-refractivity contribution in [2.75, 3.05) is 29.9 Å². The summed E-state index contributed by atoms with van der Waals surface area (Å²) in [4.78, 5) is 8.96. The molecule has 232 valence electrons. The third-order valence-electron chi connectivity index (χ3n) is 7.52. The molecule has 1 aliphatic heterocycles. The lowest BCUT2D eigenvalue weighted by Crippen LogP contribution is -2.29. The first-order chi connectivity index (χ1) is 21.3. The van der Waals surface area contributed by atoms with Gasteiger partial charge in [-0.1, -0.05) is 36.7 Å². The Morgan fingerprint density at radius 2 is 1.95 bits per heavy atom. The molecule has 3 aromatic carbocycles. The molecule has 44 heavy (non-hydrogen) atoms. The van der Waals surface area contributed by atoms with Gasteiger partial charge in [-0.15, -0.1) is 0 Å². The first kappa shape index (κ1) is 31.7. The second-order valence-corrected chi connectivity index (χ2v) is 13.5. The Morgan fingerprint density at radius 1 is 1.07 bits per heavy atom. The van der Waals surface area contributed by atoms with Crippen LogP contribution in [0.15, 0.2) is 79.3 Å². The van der Waals surface area contributed by atoms with Gasteiger partial charge in [0.25, 0.3) is 0 Å². The standard InChI is InChI=1S/C33H36ClFN4O4S/c1-2-17-44(40,41)18-15-36-14-4-12-33(13-5-16-43-33)25-8-10-30-28(20-25)32(38-23-37-30)39-27-9-11-31(29(34)21-27)42-22-24-6-3-7-26(35)19-24/h3,5-11,16,19-21,23,36H,2,4,12-15,17-18,22H2,1H3,(H,37,38,39). The van der Waals surface area contributed by atoms with E-state index in [0.717, 1.165) is 41.4 Å². The minimum atomic E-state index is -3.00. The van der Waals surface area contributed by atoms with E-state index in [-0.39, 0.29) is 23.9 Å². The molecule has 0 radical (unpaired) electrons. The molecule has 11 heteroatoms. The van der Waals surface area contributed by atoms with Crippen LogP contribution in [0.4, 0.5) is 15.9 Å². The highest BCUT2D eigenvalue weighted by molar-refractivity contribution is 7.91. The molecule has 8 nitrogen and oxygen atoms in total. The molecule has 4 aromatic rings. The number of fused-ring (bicyclic) bond motifs is 1. The number of hydrogen-bond acceptors (Lipinski definition) is 8. The molecule has 1 atom stereocenters. The molecular weight excluding hydrogens is 603 g/mol. The van der Waals surface area contributed by atoms with Gasteiger partial charge in [-0.05, 0) is 85.5 Å². The van der Waals surface area contributed by atoms with Crippen molar-refractivity contribution in [1.29, 1.82) is 0 Å². The van der Waals surface area contributed by atoms with E-state index in [0.29, 0.717) is 41.7 Å². The van der Waals surface area contributed by atoms with Crippen molar-refractivity contribution < 1.29 is 22.3 Å². The molecule has 1 unspecified atom stereocenters. The maximum atomic E-state index is 13.5. The number of ether oxygens (including phenoxy) is 2. The zero-order chi connectivity index (χ0) is 31.0. The Balaban J connectivity index is 1.26. The monoisotopic (exact) mass is 638 g/mol. The predicted octanol–water partition coefficient (Wildman–Crippen LogP) is 7.07. The van der Waals surface area contributed by atoms with Gasteiger partial charge in [0, 0.05) is 29.8 Å². The van der Waals surface area contributed by atoms with E-state index in [1.807, 2.05) is 31.2 Å². The van der Waals surface area contributed by atoms with Crippen molar-refractivity contribution in [3.05, 3.63) is 101 Å². The van der Waals surface area contributed by atoms with Crippen LogP contribution in [0.3, 0.4) is 0 Å². The van der Waals surface area contributed by atoms with Gasteiger partial charge in [-0.3, -0.25) is 0 Å². The zero-order valence-electron chi connectivity index (χ0n) is 24.6. The number of halogens is 2. The first-order valence-electron chi connectivity index (χ1n) is 14.7. The van der Waals surface area contributed by atoms with Crippen molar-refractivity contribution in [2.45, 2.75) is 44.8 Å². The summed E-state index contributed by atoms with van der Waals surface area (Å²) in [5.41, 5.74) is 2.70. The Labute approximate surface area is 262 Å². The van der Waals surface area contributed by atoms with Crippen LogP contribution in [0, 0.1) is 5.82 Å². The molecule has 2 N–H and O–H groups in total. The Kier molecular flexibility index (Phi) is 10.3. The zero-order valence-corrected chi connectivity index (χ0v) is 26.1. The van der Waals surface area contributed by atoms with E-state index in [4.69, 9.17) is 21.1 Å². The van der Waals surface area contributed by atoms with Crippen LogP contribution in [0.2, 0.25) is 5.02 Å². The van der Waals surface area contributed by atoms with E-state index in [9.17, 15) is 12.8 Å². The number of aromatic nitrogens is 2. The first-order valence-corrected chi connectivity index (χ1v) is 16.9. The van der Waals surface area contributed by atoms with Gasteiger partial charge in [0.1, 0.15) is 35.9 Å². The van der Waals surface area contributed by atoms with Gasteiger partial charge < -0.3 is 20.1 Å². The summed E-state index contributed by atoms with van der Waals surface area (Å²) in [5.74, 6) is 1.17. The summed E-state index contributed by atoms with van der Waals surface area (Å²) in [5, 5.41) is 7.87. The van der Waals surface area contributed by atoms with Crippen molar-refractivity contribution in [2.24, 2.45) is 0 Å². The van der Waals surface area contributed by atoms with Crippen molar-refractivity contribution in [3.8, 4) is 5.75 Å². The van der Waals surface area contributed by atoms with Crippen molar-refractivity contribution in [1.82, 2.24) is 15.3 Å². The van der Waals surface area contributed by atoms with Crippen LogP contribution in [-0.2, 0) is 26.8 Å². The maximum Gasteiger partial charge on any atom is 0.151 e. The van der Waals surface area contributed by atoms with Crippen LogP contribution in [0.1, 0.15) is 43.7 Å². The lowest BCUT2D eigenvalue weighted by atomic mass is 9.86. The Morgan fingerprint density at radius 3 is 2.73 bits per heavy atom. The molecule has 0 fully saturated rings. The Hall–Kier alpha value is -3.73. The van der Waals surface area contributed by atoms with Crippen LogP contribution in [-0.4, -0.2) is 43.0 Å². The fourth-order valence-corrected chi connectivity index (χ4v) is 6.80. The number of nitrogens with one attached hydrogen (secondary N) is 2. The number of benzene rings is 3. The highest BCUT2D eigenvalue weighted by Crippen LogP contribution is 2.40. The van der Waals surface area contributed by atoms with E-state index in [1.165, 1.54) is 18.5 Å². The average Bonchev–Trinajstić information content (AvgIpc) is 3.48. The number of sulfone groups is 1. The number of nitrogens with zero attached hydrogens (tertiary/aromatic N) is 2. The van der Waals surface area contributed by atoms with Crippen LogP contribution in [0.5, 0.6) is 5.75 Å². The summed E-state index contributed by atoms with van der Waals surface area (Å²) in [6, 6.07) is 17.7. The summed E-state index contributed by atoms with van der Waals surface area (Å²) in [6.07, 6.45) is 8.21. The topological polar surface area (TPSA) is 102 Å².